The number of rotatable bonds is 10. The first-order valence-corrected chi connectivity index (χ1v) is 12.5. The fraction of sp³-hybridized carbons (Fsp3) is 0.429. The summed E-state index contributed by atoms with van der Waals surface area (Å²) in [5.41, 5.74) is 3.60. The van der Waals surface area contributed by atoms with Crippen molar-refractivity contribution in [2.45, 2.75) is 44.9 Å². The molecule has 2 atom stereocenters. The molecule has 0 saturated carbocycles. The number of pyridine rings is 1. The third-order valence-electron chi connectivity index (χ3n) is 6.91. The van der Waals surface area contributed by atoms with Crippen molar-refractivity contribution in [3.05, 3.63) is 83.3 Å². The van der Waals surface area contributed by atoms with Gasteiger partial charge in [0.15, 0.2) is 0 Å². The number of amides is 1. The van der Waals surface area contributed by atoms with Gasteiger partial charge < -0.3 is 19.9 Å². The van der Waals surface area contributed by atoms with Gasteiger partial charge in [-0.05, 0) is 69.5 Å². The standard InChI is InChI=1S/C28H37N5O2/c1-21-18-23(20-26(30-21)33-16-7-8-17-33)28(35)32(3)24(19-22-10-5-4-6-11-22)13-14-29-27(34)25-12-9-15-31(25)2/h4-6,9-12,15,18,20,24,28,35H,7-8,13-14,16-17,19H2,1-3H3,(H,29,34). The maximum Gasteiger partial charge on any atom is 0.267 e. The van der Waals surface area contributed by atoms with Crippen LogP contribution in [0.2, 0.25) is 0 Å². The van der Waals surface area contributed by atoms with E-state index in [9.17, 15) is 9.90 Å². The number of aromatic nitrogens is 2. The van der Waals surface area contributed by atoms with Crippen LogP contribution in [0.15, 0.2) is 60.8 Å². The zero-order chi connectivity index (χ0) is 24.8. The van der Waals surface area contributed by atoms with Crippen LogP contribution in [0.1, 0.15) is 52.8 Å². The number of aryl methyl sites for hydroxylation is 2. The van der Waals surface area contributed by atoms with E-state index >= 15 is 0 Å². The predicted molar refractivity (Wildman–Crippen MR) is 139 cm³/mol. The fourth-order valence-electron chi connectivity index (χ4n) is 4.85. The van der Waals surface area contributed by atoms with Crippen LogP contribution in [0.5, 0.6) is 0 Å². The lowest BCUT2D eigenvalue weighted by Crippen LogP contribution is -2.40. The highest BCUT2D eigenvalue weighted by Crippen LogP contribution is 2.27. The van der Waals surface area contributed by atoms with Gasteiger partial charge in [0, 0.05) is 50.2 Å². The Kier molecular flexibility index (Phi) is 8.21. The minimum absolute atomic E-state index is 0.0322. The molecular weight excluding hydrogens is 438 g/mol. The second-order valence-corrected chi connectivity index (χ2v) is 9.53. The number of hydrogen-bond acceptors (Lipinski definition) is 5. The number of anilines is 1. The highest BCUT2D eigenvalue weighted by atomic mass is 16.3. The summed E-state index contributed by atoms with van der Waals surface area (Å²) in [4.78, 5) is 21.6. The normalized spacial score (nSPS) is 15.4. The minimum atomic E-state index is -0.768. The van der Waals surface area contributed by atoms with Crippen molar-refractivity contribution in [3.8, 4) is 0 Å². The summed E-state index contributed by atoms with van der Waals surface area (Å²) >= 11 is 0. The van der Waals surface area contributed by atoms with Crippen molar-refractivity contribution >= 4 is 11.7 Å². The van der Waals surface area contributed by atoms with Gasteiger partial charge in [-0.2, -0.15) is 0 Å². The third kappa shape index (κ3) is 6.29. The van der Waals surface area contributed by atoms with Crippen molar-refractivity contribution in [1.29, 1.82) is 0 Å². The van der Waals surface area contributed by atoms with Crippen molar-refractivity contribution < 1.29 is 9.90 Å². The number of carbonyl (C=O) groups excluding carboxylic acids is 1. The maximum atomic E-state index is 12.6. The average Bonchev–Trinajstić information content (AvgIpc) is 3.55. The molecule has 0 aliphatic carbocycles. The van der Waals surface area contributed by atoms with E-state index in [1.807, 2.05) is 79.1 Å². The van der Waals surface area contributed by atoms with E-state index in [1.54, 1.807) is 0 Å². The summed E-state index contributed by atoms with van der Waals surface area (Å²) in [6.07, 6.45) is 4.95. The summed E-state index contributed by atoms with van der Waals surface area (Å²) in [5.74, 6) is 0.860. The molecule has 7 heteroatoms. The Hall–Kier alpha value is -3.16. The van der Waals surface area contributed by atoms with Crippen LogP contribution in [0.3, 0.4) is 0 Å². The Morgan fingerprint density at radius 3 is 2.57 bits per heavy atom. The first kappa shape index (κ1) is 24.9. The van der Waals surface area contributed by atoms with E-state index in [2.05, 4.69) is 22.3 Å². The van der Waals surface area contributed by atoms with E-state index in [4.69, 9.17) is 4.98 Å². The van der Waals surface area contributed by atoms with Gasteiger partial charge >= 0.3 is 0 Å². The van der Waals surface area contributed by atoms with Gasteiger partial charge in [0.25, 0.3) is 5.91 Å². The van der Waals surface area contributed by atoms with Gasteiger partial charge in [-0.3, -0.25) is 9.69 Å². The van der Waals surface area contributed by atoms with E-state index in [-0.39, 0.29) is 11.9 Å². The largest absolute Gasteiger partial charge is 0.374 e. The van der Waals surface area contributed by atoms with Crippen LogP contribution in [-0.4, -0.2) is 58.2 Å². The lowest BCUT2D eigenvalue weighted by Gasteiger charge is -2.33. The molecule has 0 radical (unpaired) electrons. The first-order chi connectivity index (χ1) is 16.9. The lowest BCUT2D eigenvalue weighted by molar-refractivity contribution is -0.0103. The third-order valence-corrected chi connectivity index (χ3v) is 6.91. The van der Waals surface area contributed by atoms with Gasteiger partial charge in [0.2, 0.25) is 0 Å². The molecule has 35 heavy (non-hydrogen) atoms. The van der Waals surface area contributed by atoms with Crippen LogP contribution >= 0.6 is 0 Å². The molecule has 3 heterocycles. The molecule has 3 aromatic rings. The number of aliphatic hydroxyl groups excluding tert-OH is 1. The molecule has 7 nitrogen and oxygen atoms in total. The van der Waals surface area contributed by atoms with E-state index in [0.29, 0.717) is 18.7 Å². The average molecular weight is 476 g/mol. The van der Waals surface area contributed by atoms with Crippen molar-refractivity contribution in [1.82, 2.24) is 19.8 Å². The topological polar surface area (TPSA) is 73.6 Å². The van der Waals surface area contributed by atoms with Gasteiger partial charge in [0.1, 0.15) is 17.7 Å². The van der Waals surface area contributed by atoms with Crippen LogP contribution in [-0.2, 0) is 13.5 Å². The number of likely N-dealkylation sites (N-methyl/N-ethyl adjacent to an activating group) is 1. The fourth-order valence-corrected chi connectivity index (χ4v) is 4.85. The van der Waals surface area contributed by atoms with E-state index < -0.39 is 6.23 Å². The Labute approximate surface area is 208 Å². The Morgan fingerprint density at radius 2 is 1.89 bits per heavy atom. The highest BCUT2D eigenvalue weighted by Gasteiger charge is 2.25. The number of aliphatic hydroxyl groups is 1. The first-order valence-electron chi connectivity index (χ1n) is 12.5. The Balaban J connectivity index is 1.48. The van der Waals surface area contributed by atoms with Crippen LogP contribution in [0.25, 0.3) is 0 Å². The molecule has 1 aromatic carbocycles. The number of hydrogen-bond donors (Lipinski definition) is 2. The molecule has 2 N–H and O–H groups in total. The number of benzene rings is 1. The molecule has 1 fully saturated rings. The van der Waals surface area contributed by atoms with Gasteiger partial charge in [-0.15, -0.1) is 0 Å². The quantitative estimate of drug-likeness (QED) is 0.438. The molecular formula is C28H37N5O2. The molecule has 2 aromatic heterocycles. The van der Waals surface area contributed by atoms with Crippen LogP contribution in [0, 0.1) is 6.92 Å². The Bertz CT molecular complexity index is 1110. The zero-order valence-corrected chi connectivity index (χ0v) is 21.0. The summed E-state index contributed by atoms with van der Waals surface area (Å²) < 4.78 is 1.82. The zero-order valence-electron chi connectivity index (χ0n) is 21.0. The van der Waals surface area contributed by atoms with Gasteiger partial charge in [-0.1, -0.05) is 30.3 Å². The molecule has 4 rings (SSSR count). The van der Waals surface area contributed by atoms with Crippen molar-refractivity contribution in [3.63, 3.8) is 0 Å². The number of carbonyl (C=O) groups is 1. The maximum absolute atomic E-state index is 12.6. The molecule has 0 bridgehead atoms. The summed E-state index contributed by atoms with van der Waals surface area (Å²) in [6.45, 7) is 4.53. The highest BCUT2D eigenvalue weighted by molar-refractivity contribution is 5.92. The molecule has 0 spiro atoms. The second kappa shape index (κ2) is 11.5. The lowest BCUT2D eigenvalue weighted by atomic mass is 10.0. The minimum Gasteiger partial charge on any atom is -0.374 e. The molecule has 1 aliphatic heterocycles. The molecule has 1 aliphatic rings. The number of nitrogens with one attached hydrogen (secondary N) is 1. The SMILES string of the molecule is Cc1cc(C(O)N(C)C(CCNC(=O)c2cccn2C)Cc2ccccc2)cc(N2CCCC2)n1. The van der Waals surface area contributed by atoms with E-state index in [0.717, 1.165) is 36.6 Å². The molecule has 186 valence electrons. The smallest absolute Gasteiger partial charge is 0.267 e. The van der Waals surface area contributed by atoms with Crippen molar-refractivity contribution in [2.75, 3.05) is 31.6 Å². The van der Waals surface area contributed by atoms with Gasteiger partial charge in [0.05, 0.1) is 0 Å². The second-order valence-electron chi connectivity index (χ2n) is 9.53. The number of nitrogens with zero attached hydrogens (tertiary/aromatic N) is 4. The summed E-state index contributed by atoms with van der Waals surface area (Å²) in [6, 6.07) is 18.0. The predicted octanol–water partition coefficient (Wildman–Crippen LogP) is 3.68. The van der Waals surface area contributed by atoms with Gasteiger partial charge in [-0.25, -0.2) is 4.98 Å². The van der Waals surface area contributed by atoms with Crippen LogP contribution < -0.4 is 10.2 Å². The van der Waals surface area contributed by atoms with E-state index in [1.165, 1.54) is 18.4 Å². The van der Waals surface area contributed by atoms with Crippen molar-refractivity contribution in [2.24, 2.45) is 7.05 Å². The van der Waals surface area contributed by atoms with Crippen LogP contribution in [0.4, 0.5) is 5.82 Å². The molecule has 1 saturated heterocycles. The monoisotopic (exact) mass is 475 g/mol. The molecule has 1 amide bonds. The summed E-state index contributed by atoms with van der Waals surface area (Å²) in [7, 11) is 3.83. The summed E-state index contributed by atoms with van der Waals surface area (Å²) in [5, 5.41) is 14.5. The Morgan fingerprint density at radius 1 is 1.14 bits per heavy atom. The molecule has 2 unspecified atom stereocenters.